The predicted octanol–water partition coefficient (Wildman–Crippen LogP) is 13.1. The summed E-state index contributed by atoms with van der Waals surface area (Å²) >= 11 is 0. The molecule has 4 atom stereocenters. The third-order valence-corrected chi connectivity index (χ3v) is 12.9. The summed E-state index contributed by atoms with van der Waals surface area (Å²) < 4.78 is 14.2. The van der Waals surface area contributed by atoms with Crippen LogP contribution in [0.3, 0.4) is 0 Å². The highest BCUT2D eigenvalue weighted by Gasteiger charge is 2.41. The van der Waals surface area contributed by atoms with E-state index in [0.717, 1.165) is 84.3 Å². The highest BCUT2D eigenvalue weighted by molar-refractivity contribution is 5.91. The van der Waals surface area contributed by atoms with E-state index in [1.807, 2.05) is 0 Å². The highest BCUT2D eigenvalue weighted by atomic mass is 16.5. The number of fused-ring (bicyclic) bond motifs is 14. The third kappa shape index (κ3) is 6.74. The number of phenols is 2. The maximum absolute atomic E-state index is 12.6. The zero-order valence-electron chi connectivity index (χ0n) is 38.0. The Morgan fingerprint density at radius 3 is 1.52 bits per heavy atom. The van der Waals surface area contributed by atoms with Crippen LogP contribution in [0.15, 0.2) is 78.1 Å². The molecular weight excluding hydrogens is 757 g/mol. The van der Waals surface area contributed by atoms with Gasteiger partial charge in [-0.05, 0) is 80.7 Å². The fourth-order valence-electron chi connectivity index (χ4n) is 9.41. The molecule has 5 heterocycles. The maximum atomic E-state index is 12.6. The largest absolute Gasteiger partial charge is 0.507 e. The first-order valence-corrected chi connectivity index (χ1v) is 21.8. The Hall–Kier alpha value is -5.76. The Morgan fingerprint density at radius 2 is 1.07 bits per heavy atom. The van der Waals surface area contributed by atoms with Gasteiger partial charge in [-0.15, -0.1) is 0 Å². The molecule has 5 aliphatic heterocycles. The van der Waals surface area contributed by atoms with Crippen molar-refractivity contribution in [2.24, 2.45) is 5.41 Å². The number of nitrogens with one attached hydrogen (secondary N) is 4. The maximum Gasteiger partial charge on any atom is 0.200 e. The Labute approximate surface area is 361 Å². The third-order valence-electron chi connectivity index (χ3n) is 12.9. The van der Waals surface area contributed by atoms with Gasteiger partial charge in [0.2, 0.25) is 0 Å². The molecule has 0 fully saturated rings. The molecule has 0 spiro atoms. The van der Waals surface area contributed by atoms with Gasteiger partial charge in [0.05, 0.1) is 46.0 Å². The van der Waals surface area contributed by atoms with E-state index in [4.69, 9.17) is 9.47 Å². The molecule has 0 aliphatic carbocycles. The molecule has 318 valence electrons. The average molecular weight is 819 g/mol. The van der Waals surface area contributed by atoms with Crippen molar-refractivity contribution < 1.29 is 19.7 Å². The van der Waals surface area contributed by atoms with Gasteiger partial charge in [-0.3, -0.25) is 0 Å². The standard InChI is InChI=1S/C53H62N4O4/c1-14-36(52(8,9)10)46-42-31-19-20-37(53(11,12)13)47-43(31)57-49(61-47)35-26-30(51(5,6)7)24-33(45(35)59)39-22-18-28-16-15-27-17-21-38(54-40(27)41(28)55-39)32-23-29(50(2,3)4)25-34(44(32)58)48(56-42)60-46/h14-26,38-39,48-49,54-59H,1-13H3/b36-14+. The van der Waals surface area contributed by atoms with Crippen LogP contribution < -0.4 is 26.0 Å². The fourth-order valence-corrected chi connectivity index (χ4v) is 9.41. The molecule has 8 nitrogen and oxygen atoms in total. The first-order valence-electron chi connectivity index (χ1n) is 21.8. The topological polar surface area (TPSA) is 107 Å². The molecule has 0 radical (unpaired) electrons. The molecule has 4 aromatic carbocycles. The van der Waals surface area contributed by atoms with Gasteiger partial charge in [-0.25, -0.2) is 0 Å². The second-order valence-electron chi connectivity index (χ2n) is 21.5. The van der Waals surface area contributed by atoms with Gasteiger partial charge in [-0.2, -0.15) is 0 Å². The van der Waals surface area contributed by atoms with Crippen molar-refractivity contribution in [1.29, 1.82) is 0 Å². The monoisotopic (exact) mass is 818 g/mol. The van der Waals surface area contributed by atoms with Gasteiger partial charge in [0.25, 0.3) is 0 Å². The summed E-state index contributed by atoms with van der Waals surface area (Å²) in [6.45, 7) is 28.4. The van der Waals surface area contributed by atoms with Gasteiger partial charge in [0, 0.05) is 22.3 Å². The molecule has 0 saturated carbocycles. The minimum atomic E-state index is -0.711. The van der Waals surface area contributed by atoms with Crippen molar-refractivity contribution in [3.63, 3.8) is 0 Å². The van der Waals surface area contributed by atoms with E-state index >= 15 is 0 Å². The number of hydrogen-bond donors (Lipinski definition) is 6. The lowest BCUT2D eigenvalue weighted by atomic mass is 9.82. The highest BCUT2D eigenvalue weighted by Crippen LogP contribution is 2.54. The number of phenolic OH excluding ortho intramolecular Hbond substituents is 2. The van der Waals surface area contributed by atoms with E-state index < -0.39 is 12.5 Å². The summed E-state index contributed by atoms with van der Waals surface area (Å²) in [5.41, 5.74) is 12.6. The predicted molar refractivity (Wildman–Crippen MR) is 250 cm³/mol. The smallest absolute Gasteiger partial charge is 0.200 e. The Morgan fingerprint density at radius 1 is 0.574 bits per heavy atom. The van der Waals surface area contributed by atoms with Gasteiger partial charge >= 0.3 is 0 Å². The lowest BCUT2D eigenvalue weighted by Gasteiger charge is -2.33. The van der Waals surface area contributed by atoms with Crippen LogP contribution in [0.25, 0.3) is 17.8 Å². The van der Waals surface area contributed by atoms with Crippen molar-refractivity contribution in [1.82, 2.24) is 5.32 Å². The van der Waals surface area contributed by atoms with E-state index in [1.165, 1.54) is 0 Å². The van der Waals surface area contributed by atoms with Crippen molar-refractivity contribution in [3.05, 3.63) is 134 Å². The molecule has 8 heteroatoms. The molecule has 61 heavy (non-hydrogen) atoms. The number of benzene rings is 4. The van der Waals surface area contributed by atoms with Crippen LogP contribution in [-0.4, -0.2) is 10.2 Å². The summed E-state index contributed by atoms with van der Waals surface area (Å²) in [5, 5.41) is 40.4. The Balaban J connectivity index is 1.34. The van der Waals surface area contributed by atoms with Crippen molar-refractivity contribution in [2.75, 3.05) is 16.0 Å². The van der Waals surface area contributed by atoms with Crippen LogP contribution in [0.4, 0.5) is 17.1 Å². The summed E-state index contributed by atoms with van der Waals surface area (Å²) in [7, 11) is 0. The number of aromatic hydroxyl groups is 2. The fraction of sp³-hybridized carbons (Fsp3) is 0.396. The summed E-state index contributed by atoms with van der Waals surface area (Å²) in [6, 6.07) is 16.3. The molecule has 0 aromatic heterocycles. The minimum Gasteiger partial charge on any atom is -0.507 e. The van der Waals surface area contributed by atoms with E-state index in [-0.39, 0.29) is 45.2 Å². The number of rotatable bonds is 1. The van der Waals surface area contributed by atoms with Gasteiger partial charge < -0.3 is 41.0 Å². The number of allylic oxidation sites excluding steroid dienone is 2. The lowest BCUT2D eigenvalue weighted by Crippen LogP contribution is -2.22. The van der Waals surface area contributed by atoms with E-state index in [2.05, 4.69) is 190 Å². The zero-order chi connectivity index (χ0) is 43.7. The second-order valence-corrected chi connectivity index (χ2v) is 21.5. The van der Waals surface area contributed by atoms with Crippen LogP contribution in [0.1, 0.15) is 170 Å². The van der Waals surface area contributed by atoms with Crippen LogP contribution in [0.2, 0.25) is 0 Å². The Bertz CT molecular complexity index is 2640. The molecule has 4 aromatic rings. The zero-order valence-corrected chi connectivity index (χ0v) is 38.0. The molecule has 6 N–H and O–H groups in total. The normalized spacial score (nSPS) is 21.4. The quantitative estimate of drug-likeness (QED) is 0.113. The number of anilines is 3. The summed E-state index contributed by atoms with van der Waals surface area (Å²) in [4.78, 5) is 0. The first-order chi connectivity index (χ1) is 28.5. The second kappa shape index (κ2) is 13.6. The molecule has 0 amide bonds. The first kappa shape index (κ1) is 40.6. The molecule has 5 aliphatic rings. The minimum absolute atomic E-state index is 0.174. The van der Waals surface area contributed by atoms with Crippen molar-refractivity contribution in [3.8, 4) is 17.2 Å². The molecular formula is C53H62N4O4. The van der Waals surface area contributed by atoms with Crippen molar-refractivity contribution in [2.45, 2.75) is 131 Å². The molecule has 12 bridgehead atoms. The van der Waals surface area contributed by atoms with Gasteiger partial charge in [-0.1, -0.05) is 138 Å². The average Bonchev–Trinajstić information content (AvgIpc) is 3.81. The van der Waals surface area contributed by atoms with Gasteiger partial charge in [0.15, 0.2) is 12.5 Å². The van der Waals surface area contributed by atoms with Gasteiger partial charge in [0.1, 0.15) is 23.0 Å². The van der Waals surface area contributed by atoms with Crippen LogP contribution >= 0.6 is 0 Å². The Kier molecular flexibility index (Phi) is 9.07. The lowest BCUT2D eigenvalue weighted by molar-refractivity contribution is 0.126. The number of hydrogen-bond acceptors (Lipinski definition) is 8. The molecule has 0 saturated heterocycles. The van der Waals surface area contributed by atoms with Crippen LogP contribution in [-0.2, 0) is 21.0 Å². The van der Waals surface area contributed by atoms with Crippen LogP contribution in [0.5, 0.6) is 17.2 Å². The summed E-state index contributed by atoms with van der Waals surface area (Å²) in [6.07, 6.45) is 9.25. The number of ether oxygens (including phenoxy) is 2. The summed E-state index contributed by atoms with van der Waals surface area (Å²) in [5.74, 6) is 1.81. The SMILES string of the molecule is C/C=C(\C1=C2NC(O1)c1cc(C(C)(C)C)cc(c1O)C1C=Cc3ccc4c(c3N1)NC(C=C4)c1cc(C(C)(C)C)cc(c1O)C1Nc3c2ccc(C(C)(C)C)c3O1)C(C)(C)C. The van der Waals surface area contributed by atoms with Crippen LogP contribution in [0, 0.1) is 5.41 Å². The van der Waals surface area contributed by atoms with E-state index in [0.29, 0.717) is 11.1 Å². The molecule has 9 rings (SSSR count). The molecule has 4 unspecified atom stereocenters. The van der Waals surface area contributed by atoms with E-state index in [9.17, 15) is 10.2 Å². The van der Waals surface area contributed by atoms with E-state index in [1.54, 1.807) is 0 Å². The van der Waals surface area contributed by atoms with Crippen molar-refractivity contribution >= 4 is 34.9 Å².